The third-order valence-corrected chi connectivity index (χ3v) is 8.38. The molecule has 1 unspecified atom stereocenters. The van der Waals surface area contributed by atoms with Crippen molar-refractivity contribution in [2.24, 2.45) is 5.73 Å². The third-order valence-electron chi connectivity index (χ3n) is 8.18. The zero-order valence-electron chi connectivity index (χ0n) is 28.8. The minimum Gasteiger partial charge on any atom is -0.436 e. The van der Waals surface area contributed by atoms with Crippen molar-refractivity contribution in [1.29, 1.82) is 0 Å². The van der Waals surface area contributed by atoms with E-state index < -0.39 is 12.2 Å². The summed E-state index contributed by atoms with van der Waals surface area (Å²) in [6.07, 6.45) is 4.56. The molecule has 0 saturated heterocycles. The summed E-state index contributed by atoms with van der Waals surface area (Å²) >= 11 is 5.31. The van der Waals surface area contributed by atoms with Gasteiger partial charge in [0.05, 0.1) is 0 Å². The van der Waals surface area contributed by atoms with Crippen LogP contribution in [0.2, 0.25) is 0 Å². The van der Waals surface area contributed by atoms with E-state index in [9.17, 15) is 19.2 Å². The number of fused-ring (bicyclic) bond motifs is 1. The number of rotatable bonds is 15. The Bertz CT molecular complexity index is 1780. The van der Waals surface area contributed by atoms with E-state index in [4.69, 9.17) is 22.7 Å². The first-order chi connectivity index (χ1) is 23.9. The van der Waals surface area contributed by atoms with Crippen molar-refractivity contribution >= 4 is 63.4 Å². The van der Waals surface area contributed by atoms with Gasteiger partial charge in [0.25, 0.3) is 11.8 Å². The van der Waals surface area contributed by atoms with Crippen LogP contribution in [0.4, 0.5) is 16.2 Å². The molecule has 7 N–H and O–H groups in total. The second-order valence-corrected chi connectivity index (χ2v) is 13.6. The topological polar surface area (TPSA) is 167 Å². The Hall–Kier alpha value is -5.23. The predicted molar refractivity (Wildman–Crippen MR) is 201 cm³/mol. The van der Waals surface area contributed by atoms with E-state index in [1.54, 1.807) is 42.6 Å². The lowest BCUT2D eigenvalue weighted by molar-refractivity contribution is -0.129. The Balaban J connectivity index is 1.08. The Labute approximate surface area is 298 Å². The lowest BCUT2D eigenvalue weighted by atomic mass is 9.87. The maximum Gasteiger partial charge on any atom is 0.405 e. The van der Waals surface area contributed by atoms with Crippen LogP contribution in [-0.2, 0) is 26.2 Å². The number of unbranched alkanes of at least 4 members (excludes halogenated alkanes) is 4. The number of anilines is 2. The fourth-order valence-electron chi connectivity index (χ4n) is 5.41. The van der Waals surface area contributed by atoms with Gasteiger partial charge in [0.2, 0.25) is 5.91 Å². The molecular formula is C38H46N6O5S. The summed E-state index contributed by atoms with van der Waals surface area (Å²) in [6, 6.07) is 22.2. The SMILES string of the molecule is CC(C)(C)c1ccc(C(=O)NC(=S)Nc2ccc(NC(=O)CCCCCCCNC(=O)C(Cc3c[nH]c4ccccc34)OC(N)=O)cc2)cc1. The number of carbonyl (C=O) groups excluding carboxylic acids is 4. The number of nitrogens with one attached hydrogen (secondary N) is 5. The Morgan fingerprint density at radius 3 is 2.16 bits per heavy atom. The molecule has 12 heteroatoms. The number of hydrogen-bond acceptors (Lipinski definition) is 6. The lowest BCUT2D eigenvalue weighted by Gasteiger charge is -2.19. The molecule has 4 amide bonds. The van der Waals surface area contributed by atoms with E-state index in [0.717, 1.165) is 54.1 Å². The number of nitrogens with two attached hydrogens (primary N) is 1. The van der Waals surface area contributed by atoms with Crippen LogP contribution in [0.5, 0.6) is 0 Å². The minimum atomic E-state index is -1.02. The highest BCUT2D eigenvalue weighted by molar-refractivity contribution is 7.80. The fraction of sp³-hybridized carbons (Fsp3) is 0.342. The van der Waals surface area contributed by atoms with Gasteiger partial charge in [-0.3, -0.25) is 19.7 Å². The summed E-state index contributed by atoms with van der Waals surface area (Å²) in [5.41, 5.74) is 10.0. The van der Waals surface area contributed by atoms with Gasteiger partial charge in [-0.15, -0.1) is 0 Å². The molecule has 264 valence electrons. The quantitative estimate of drug-likeness (QED) is 0.0594. The van der Waals surface area contributed by atoms with Crippen LogP contribution in [0.3, 0.4) is 0 Å². The number of benzene rings is 3. The number of aromatic amines is 1. The maximum atomic E-state index is 12.8. The molecule has 1 heterocycles. The van der Waals surface area contributed by atoms with Gasteiger partial charge in [-0.1, -0.05) is 70.4 Å². The number of ether oxygens (including phenoxy) is 1. The molecule has 3 aromatic carbocycles. The van der Waals surface area contributed by atoms with Crippen LogP contribution < -0.4 is 27.0 Å². The van der Waals surface area contributed by atoms with Crippen LogP contribution in [-0.4, -0.2) is 46.6 Å². The van der Waals surface area contributed by atoms with E-state index in [1.165, 1.54) is 0 Å². The molecule has 4 aromatic rings. The average molecular weight is 699 g/mol. The zero-order chi connectivity index (χ0) is 36.1. The lowest BCUT2D eigenvalue weighted by Crippen LogP contribution is -2.40. The fourth-order valence-corrected chi connectivity index (χ4v) is 5.62. The summed E-state index contributed by atoms with van der Waals surface area (Å²) in [5, 5.41) is 12.6. The van der Waals surface area contributed by atoms with Crippen molar-refractivity contribution in [3.63, 3.8) is 0 Å². The number of aromatic nitrogens is 1. The van der Waals surface area contributed by atoms with E-state index >= 15 is 0 Å². The van der Waals surface area contributed by atoms with Gasteiger partial charge in [-0.25, -0.2) is 4.79 Å². The molecule has 0 spiro atoms. The number of thiocarbonyl (C=S) groups is 1. The molecule has 1 aromatic heterocycles. The molecule has 0 aliphatic heterocycles. The van der Waals surface area contributed by atoms with Crippen molar-refractivity contribution in [3.8, 4) is 0 Å². The molecule has 0 radical (unpaired) electrons. The highest BCUT2D eigenvalue weighted by Crippen LogP contribution is 2.23. The predicted octanol–water partition coefficient (Wildman–Crippen LogP) is 6.69. The molecule has 4 rings (SSSR count). The van der Waals surface area contributed by atoms with E-state index in [0.29, 0.717) is 29.9 Å². The van der Waals surface area contributed by atoms with Crippen LogP contribution >= 0.6 is 12.2 Å². The Morgan fingerprint density at radius 2 is 1.48 bits per heavy atom. The Morgan fingerprint density at radius 1 is 0.840 bits per heavy atom. The van der Waals surface area contributed by atoms with Crippen LogP contribution in [0.25, 0.3) is 10.9 Å². The smallest absolute Gasteiger partial charge is 0.405 e. The molecule has 50 heavy (non-hydrogen) atoms. The number of carbonyl (C=O) groups is 4. The highest BCUT2D eigenvalue weighted by Gasteiger charge is 2.23. The summed E-state index contributed by atoms with van der Waals surface area (Å²) in [6.45, 7) is 6.79. The molecule has 0 saturated carbocycles. The normalized spacial score (nSPS) is 11.7. The molecule has 11 nitrogen and oxygen atoms in total. The molecule has 1 atom stereocenters. The molecule has 0 aliphatic rings. The van der Waals surface area contributed by atoms with Crippen molar-refractivity contribution < 1.29 is 23.9 Å². The van der Waals surface area contributed by atoms with E-state index in [2.05, 4.69) is 47.0 Å². The molecule has 0 bridgehead atoms. The largest absolute Gasteiger partial charge is 0.436 e. The number of H-pyrrole nitrogens is 1. The average Bonchev–Trinajstić information content (AvgIpc) is 3.48. The summed E-state index contributed by atoms with van der Waals surface area (Å²) in [5.74, 6) is -0.757. The minimum absolute atomic E-state index is 0.0000207. The number of amides is 4. The van der Waals surface area contributed by atoms with Crippen molar-refractivity contribution in [1.82, 2.24) is 15.6 Å². The first kappa shape index (κ1) is 37.6. The van der Waals surface area contributed by atoms with Gasteiger partial charge in [-0.05, 0) is 84.1 Å². The molecule has 0 fully saturated rings. The number of para-hydroxylation sites is 1. The summed E-state index contributed by atoms with van der Waals surface area (Å²) in [4.78, 5) is 52.4. The number of primary amides is 1. The van der Waals surface area contributed by atoms with Gasteiger partial charge in [0.15, 0.2) is 11.2 Å². The third kappa shape index (κ3) is 11.7. The van der Waals surface area contributed by atoms with Crippen molar-refractivity contribution in [3.05, 3.63) is 95.7 Å². The van der Waals surface area contributed by atoms with Gasteiger partial charge in [0, 0.05) is 53.4 Å². The van der Waals surface area contributed by atoms with Crippen LogP contribution in [0.15, 0.2) is 79.0 Å². The second-order valence-electron chi connectivity index (χ2n) is 13.2. The summed E-state index contributed by atoms with van der Waals surface area (Å²) in [7, 11) is 0. The first-order valence-electron chi connectivity index (χ1n) is 16.8. The molecule has 0 aliphatic carbocycles. The Kier molecular flexibility index (Phi) is 13.5. The summed E-state index contributed by atoms with van der Waals surface area (Å²) < 4.78 is 5.12. The van der Waals surface area contributed by atoms with E-state index in [1.807, 2.05) is 36.4 Å². The number of hydrogen-bond donors (Lipinski definition) is 6. The van der Waals surface area contributed by atoms with Crippen LogP contribution in [0, 0.1) is 0 Å². The molecular weight excluding hydrogens is 653 g/mol. The highest BCUT2D eigenvalue weighted by atomic mass is 32.1. The zero-order valence-corrected chi connectivity index (χ0v) is 29.6. The van der Waals surface area contributed by atoms with E-state index in [-0.39, 0.29) is 34.7 Å². The maximum absolute atomic E-state index is 12.8. The monoisotopic (exact) mass is 698 g/mol. The van der Waals surface area contributed by atoms with Gasteiger partial charge < -0.3 is 31.4 Å². The van der Waals surface area contributed by atoms with Crippen molar-refractivity contribution in [2.75, 3.05) is 17.2 Å². The van der Waals surface area contributed by atoms with Crippen molar-refractivity contribution in [2.45, 2.75) is 77.2 Å². The van der Waals surface area contributed by atoms with Gasteiger partial charge in [-0.2, -0.15) is 0 Å². The van der Waals surface area contributed by atoms with Crippen LogP contribution in [0.1, 0.15) is 80.8 Å². The first-order valence-corrected chi connectivity index (χ1v) is 17.2. The van der Waals surface area contributed by atoms with Gasteiger partial charge >= 0.3 is 6.09 Å². The van der Waals surface area contributed by atoms with Gasteiger partial charge in [0.1, 0.15) is 0 Å². The standard InChI is InChI=1S/C38H46N6O5S/c1-38(2,3)27-16-14-25(15-17-27)34(46)44-37(50)43-29-20-18-28(19-21-29)42-33(45)13-7-5-4-6-10-22-40-35(47)32(49-36(39)48)23-26-24-41-31-12-9-8-11-30(26)31/h8-9,11-12,14-21,24,32,41H,4-7,10,13,22-23H2,1-3H3,(H2,39,48)(H,40,47)(H,42,45)(H2,43,44,46,50). The second kappa shape index (κ2) is 18.0.